The molecule has 1 aliphatic heterocycles. The van der Waals surface area contributed by atoms with E-state index in [1.807, 2.05) is 6.07 Å². The molecule has 0 aromatic heterocycles. The molecule has 3 rings (SSSR count). The van der Waals surface area contributed by atoms with Gasteiger partial charge in [0, 0.05) is 29.1 Å². The van der Waals surface area contributed by atoms with Crippen LogP contribution in [-0.4, -0.2) is 35.4 Å². The van der Waals surface area contributed by atoms with Gasteiger partial charge >= 0.3 is 0 Å². The highest BCUT2D eigenvalue weighted by molar-refractivity contribution is 6.30. The molecule has 2 aromatic carbocycles. The van der Waals surface area contributed by atoms with Crippen LogP contribution in [0.3, 0.4) is 0 Å². The van der Waals surface area contributed by atoms with Crippen LogP contribution in [0, 0.1) is 5.92 Å². The molecule has 0 saturated carbocycles. The molecule has 0 bridgehead atoms. The lowest BCUT2D eigenvalue weighted by Gasteiger charge is -2.30. The highest BCUT2D eigenvalue weighted by atomic mass is 35.5. The number of rotatable bonds is 6. The second kappa shape index (κ2) is 9.02. The molecule has 0 aliphatic carbocycles. The average molecular weight is 370 g/mol. The number of nitrogens with zero attached hydrogens (tertiary/aromatic N) is 1. The van der Waals surface area contributed by atoms with Crippen molar-refractivity contribution in [3.63, 3.8) is 0 Å². The van der Waals surface area contributed by atoms with Crippen LogP contribution in [0.4, 0.5) is 0 Å². The Balaban J connectivity index is 1.48. The van der Waals surface area contributed by atoms with Crippen LogP contribution in [0.15, 0.2) is 60.7 Å². The molecule has 1 fully saturated rings. The van der Waals surface area contributed by atoms with Crippen LogP contribution < -0.4 is 0 Å². The summed E-state index contributed by atoms with van der Waals surface area (Å²) >= 11 is 5.85. The number of benzene rings is 2. The molecule has 1 N–H and O–H groups in total. The Labute approximate surface area is 159 Å². The molecule has 3 nitrogen and oxygen atoms in total. The lowest BCUT2D eigenvalue weighted by atomic mass is 9.91. The molecule has 0 unspecified atom stereocenters. The fourth-order valence-electron chi connectivity index (χ4n) is 3.33. The number of ketones is 1. The zero-order valence-corrected chi connectivity index (χ0v) is 15.5. The molecule has 1 heterocycles. The summed E-state index contributed by atoms with van der Waals surface area (Å²) in [7, 11) is 0. The normalized spacial score (nSPS) is 16.6. The smallest absolute Gasteiger partial charge is 0.162 e. The molecule has 1 saturated heterocycles. The minimum atomic E-state index is -0.00238. The molecule has 0 radical (unpaired) electrons. The number of likely N-dealkylation sites (tertiary alicyclic amines) is 1. The summed E-state index contributed by atoms with van der Waals surface area (Å²) in [4.78, 5) is 14.9. The van der Waals surface area contributed by atoms with Crippen molar-refractivity contribution in [3.8, 4) is 0 Å². The van der Waals surface area contributed by atoms with E-state index < -0.39 is 0 Å². The van der Waals surface area contributed by atoms with Crippen LogP contribution in [0.5, 0.6) is 0 Å². The molecule has 0 amide bonds. The number of carbonyl (C=O) groups is 1. The summed E-state index contributed by atoms with van der Waals surface area (Å²) in [6.07, 6.45) is 4.10. The molecular weight excluding hydrogens is 346 g/mol. The summed E-state index contributed by atoms with van der Waals surface area (Å²) in [6, 6.07) is 17.3. The van der Waals surface area contributed by atoms with E-state index in [1.165, 1.54) is 11.6 Å². The predicted molar refractivity (Wildman–Crippen MR) is 106 cm³/mol. The number of allylic oxidation sites excluding steroid dienone is 1. The van der Waals surface area contributed by atoms with Gasteiger partial charge in [-0.2, -0.15) is 0 Å². The maximum Gasteiger partial charge on any atom is 0.162 e. The van der Waals surface area contributed by atoms with E-state index in [0.717, 1.165) is 38.9 Å². The lowest BCUT2D eigenvalue weighted by molar-refractivity contribution is -0.119. The lowest BCUT2D eigenvalue weighted by Crippen LogP contribution is -2.37. The first-order valence-corrected chi connectivity index (χ1v) is 9.46. The monoisotopic (exact) mass is 369 g/mol. The number of piperidine rings is 1. The second-order valence-corrected chi connectivity index (χ2v) is 7.23. The number of aliphatic hydroxyl groups excluding tert-OH is 1. The number of aliphatic hydroxyl groups is 1. The van der Waals surface area contributed by atoms with Crippen LogP contribution in [-0.2, 0) is 11.2 Å². The zero-order chi connectivity index (χ0) is 18.4. The van der Waals surface area contributed by atoms with Crippen molar-refractivity contribution in [2.45, 2.75) is 19.3 Å². The topological polar surface area (TPSA) is 40.5 Å². The number of hydrogen-bond donors (Lipinski definition) is 1. The van der Waals surface area contributed by atoms with Gasteiger partial charge in [-0.3, -0.25) is 4.79 Å². The number of hydrogen-bond acceptors (Lipinski definition) is 3. The van der Waals surface area contributed by atoms with Gasteiger partial charge in [-0.1, -0.05) is 41.9 Å². The first-order chi connectivity index (χ1) is 12.6. The molecule has 2 aromatic rings. The summed E-state index contributed by atoms with van der Waals surface area (Å²) in [5, 5.41) is 10.8. The van der Waals surface area contributed by atoms with E-state index in [4.69, 9.17) is 11.6 Å². The highest BCUT2D eigenvalue weighted by Crippen LogP contribution is 2.21. The Morgan fingerprint density at radius 2 is 1.73 bits per heavy atom. The van der Waals surface area contributed by atoms with Crippen molar-refractivity contribution in [3.05, 3.63) is 76.8 Å². The van der Waals surface area contributed by atoms with Gasteiger partial charge in [0.1, 0.15) is 5.76 Å². The van der Waals surface area contributed by atoms with Crippen molar-refractivity contribution in [1.82, 2.24) is 4.90 Å². The maximum atomic E-state index is 12.5. The Morgan fingerprint density at radius 3 is 2.38 bits per heavy atom. The van der Waals surface area contributed by atoms with Crippen molar-refractivity contribution in [1.29, 1.82) is 0 Å². The minimum absolute atomic E-state index is 0.00238. The third-order valence-electron chi connectivity index (χ3n) is 4.97. The average Bonchev–Trinajstić information content (AvgIpc) is 2.68. The van der Waals surface area contributed by atoms with Gasteiger partial charge in [0.05, 0.1) is 0 Å². The second-order valence-electron chi connectivity index (χ2n) is 6.79. The van der Waals surface area contributed by atoms with E-state index >= 15 is 0 Å². The van der Waals surface area contributed by atoms with Gasteiger partial charge in [0.2, 0.25) is 0 Å². The van der Waals surface area contributed by atoms with Gasteiger partial charge in [-0.15, -0.1) is 0 Å². The van der Waals surface area contributed by atoms with Gasteiger partial charge in [-0.05, 0) is 62.2 Å². The third-order valence-corrected chi connectivity index (χ3v) is 5.22. The van der Waals surface area contributed by atoms with Crippen LogP contribution in [0.1, 0.15) is 24.0 Å². The summed E-state index contributed by atoms with van der Waals surface area (Å²) < 4.78 is 0. The van der Waals surface area contributed by atoms with Crippen molar-refractivity contribution in [2.75, 3.05) is 19.6 Å². The van der Waals surface area contributed by atoms with E-state index in [-0.39, 0.29) is 17.5 Å². The first kappa shape index (κ1) is 18.7. The predicted octanol–water partition coefficient (Wildman–Crippen LogP) is 4.76. The molecule has 26 heavy (non-hydrogen) atoms. The SMILES string of the molecule is O=C(C=C(O)c1ccc(Cl)cc1)C1CCN(CCc2ccccc2)CC1. The van der Waals surface area contributed by atoms with Gasteiger partial charge in [0.25, 0.3) is 0 Å². The van der Waals surface area contributed by atoms with E-state index in [1.54, 1.807) is 24.3 Å². The summed E-state index contributed by atoms with van der Waals surface area (Å²) in [6.45, 7) is 2.88. The van der Waals surface area contributed by atoms with Crippen molar-refractivity contribution in [2.24, 2.45) is 5.92 Å². The van der Waals surface area contributed by atoms with E-state index in [0.29, 0.717) is 10.6 Å². The third kappa shape index (κ3) is 5.20. The van der Waals surface area contributed by atoms with E-state index in [9.17, 15) is 9.90 Å². The summed E-state index contributed by atoms with van der Waals surface area (Å²) in [5.74, 6) is 0.0239. The highest BCUT2D eigenvalue weighted by Gasteiger charge is 2.24. The van der Waals surface area contributed by atoms with Crippen molar-refractivity contribution >= 4 is 23.1 Å². The fourth-order valence-corrected chi connectivity index (χ4v) is 3.46. The van der Waals surface area contributed by atoms with Crippen LogP contribution in [0.2, 0.25) is 5.02 Å². The Morgan fingerprint density at radius 1 is 1.08 bits per heavy atom. The van der Waals surface area contributed by atoms with Gasteiger partial charge in [-0.25, -0.2) is 0 Å². The fraction of sp³-hybridized carbons (Fsp3) is 0.318. The van der Waals surface area contributed by atoms with Crippen molar-refractivity contribution < 1.29 is 9.90 Å². The molecular formula is C22H24ClNO2. The zero-order valence-electron chi connectivity index (χ0n) is 14.8. The van der Waals surface area contributed by atoms with Crippen LogP contribution in [0.25, 0.3) is 5.76 Å². The van der Waals surface area contributed by atoms with E-state index in [2.05, 4.69) is 29.2 Å². The van der Waals surface area contributed by atoms with Gasteiger partial charge < -0.3 is 10.0 Å². The minimum Gasteiger partial charge on any atom is -0.507 e. The summed E-state index contributed by atoms with van der Waals surface area (Å²) in [5.41, 5.74) is 1.96. The largest absolute Gasteiger partial charge is 0.507 e. The Kier molecular flexibility index (Phi) is 6.48. The van der Waals surface area contributed by atoms with Crippen LogP contribution >= 0.6 is 11.6 Å². The molecule has 136 valence electrons. The first-order valence-electron chi connectivity index (χ1n) is 9.08. The number of halogens is 1. The quantitative estimate of drug-likeness (QED) is 0.589. The molecule has 0 atom stereocenters. The Hall–Kier alpha value is -2.10. The number of carbonyl (C=O) groups excluding carboxylic acids is 1. The molecule has 0 spiro atoms. The maximum absolute atomic E-state index is 12.5. The Bertz CT molecular complexity index is 747. The molecule has 4 heteroatoms. The molecule has 1 aliphatic rings. The standard InChI is InChI=1S/C22H24ClNO2/c23-20-8-6-18(7-9-20)21(25)16-22(26)19-11-14-24(15-12-19)13-10-17-4-2-1-3-5-17/h1-9,16,19,25H,10-15H2. The van der Waals surface area contributed by atoms with Gasteiger partial charge in [0.15, 0.2) is 5.78 Å².